The molecule has 120 valence electrons. The zero-order chi connectivity index (χ0) is 14.6. The van der Waals surface area contributed by atoms with Crippen LogP contribution in [-0.2, 0) is 0 Å². The summed E-state index contributed by atoms with van der Waals surface area (Å²) in [7, 11) is 0. The maximum absolute atomic E-state index is 3.63. The molecule has 0 aliphatic carbocycles. The van der Waals surface area contributed by atoms with Crippen molar-refractivity contribution in [1.82, 2.24) is 10.2 Å². The third-order valence-corrected chi connectivity index (χ3v) is 4.78. The van der Waals surface area contributed by atoms with Gasteiger partial charge >= 0.3 is 0 Å². The molecule has 0 radical (unpaired) electrons. The van der Waals surface area contributed by atoms with Crippen molar-refractivity contribution < 1.29 is 0 Å². The van der Waals surface area contributed by atoms with Crippen molar-refractivity contribution in [3.05, 3.63) is 0 Å². The largest absolute Gasteiger partial charge is 0.314 e. The molecule has 1 aliphatic rings. The molecule has 20 heavy (non-hydrogen) atoms. The summed E-state index contributed by atoms with van der Waals surface area (Å²) in [5.41, 5.74) is 0. The molecule has 2 unspecified atom stereocenters. The van der Waals surface area contributed by atoms with Gasteiger partial charge in [-0.2, -0.15) is 0 Å². The molecular weight excluding hydrogens is 244 g/mol. The van der Waals surface area contributed by atoms with E-state index in [1.807, 2.05) is 0 Å². The Morgan fingerprint density at radius 1 is 0.950 bits per heavy atom. The zero-order valence-corrected chi connectivity index (χ0v) is 14.3. The first-order valence-corrected chi connectivity index (χ1v) is 9.23. The normalized spacial score (nSPS) is 24.1. The highest BCUT2D eigenvalue weighted by Crippen LogP contribution is 2.17. The Morgan fingerprint density at radius 3 is 2.20 bits per heavy atom. The zero-order valence-electron chi connectivity index (χ0n) is 14.3. The molecule has 2 atom stereocenters. The van der Waals surface area contributed by atoms with Crippen molar-refractivity contribution >= 4 is 0 Å². The molecule has 0 aromatic rings. The average Bonchev–Trinajstić information content (AvgIpc) is 2.45. The van der Waals surface area contributed by atoms with Gasteiger partial charge in [-0.15, -0.1) is 0 Å². The highest BCUT2D eigenvalue weighted by atomic mass is 15.1. The van der Waals surface area contributed by atoms with Crippen LogP contribution in [0.2, 0.25) is 0 Å². The van der Waals surface area contributed by atoms with Crippen LogP contribution >= 0.6 is 0 Å². The number of unbranched alkanes of at least 4 members (excludes halogenated alkanes) is 7. The lowest BCUT2D eigenvalue weighted by Gasteiger charge is -2.37. The number of likely N-dealkylation sites (tertiary alicyclic amines) is 1. The van der Waals surface area contributed by atoms with Crippen LogP contribution in [0.1, 0.15) is 78.6 Å². The summed E-state index contributed by atoms with van der Waals surface area (Å²) >= 11 is 0. The van der Waals surface area contributed by atoms with Gasteiger partial charge in [-0.1, -0.05) is 65.7 Å². The summed E-state index contributed by atoms with van der Waals surface area (Å²) < 4.78 is 0. The van der Waals surface area contributed by atoms with Gasteiger partial charge in [0.25, 0.3) is 0 Å². The maximum atomic E-state index is 3.63. The molecule has 1 saturated heterocycles. The molecule has 0 aromatic heterocycles. The molecular formula is C18H38N2. The van der Waals surface area contributed by atoms with Crippen molar-refractivity contribution in [2.24, 2.45) is 5.92 Å². The van der Waals surface area contributed by atoms with Gasteiger partial charge in [0.2, 0.25) is 0 Å². The summed E-state index contributed by atoms with van der Waals surface area (Å²) in [5.74, 6) is 0.817. The molecule has 1 aliphatic heterocycles. The third kappa shape index (κ3) is 7.64. The van der Waals surface area contributed by atoms with E-state index in [1.165, 1.54) is 77.4 Å². The van der Waals surface area contributed by atoms with Gasteiger partial charge in [0.05, 0.1) is 0 Å². The molecule has 1 N–H and O–H groups in total. The van der Waals surface area contributed by atoms with Crippen LogP contribution in [-0.4, -0.2) is 37.1 Å². The molecule has 1 heterocycles. The van der Waals surface area contributed by atoms with Crippen LogP contribution < -0.4 is 5.32 Å². The predicted molar refractivity (Wildman–Crippen MR) is 90.3 cm³/mol. The standard InChI is InChI=1S/C18H38N2/c1-4-6-7-8-9-10-11-12-14-20-15-13-18(19-5-2)17(3)16-20/h17-19H,4-16H2,1-3H3. The second kappa shape index (κ2) is 11.6. The Morgan fingerprint density at radius 2 is 1.60 bits per heavy atom. The molecule has 2 heteroatoms. The van der Waals surface area contributed by atoms with Crippen molar-refractivity contribution in [3.8, 4) is 0 Å². The second-order valence-corrected chi connectivity index (χ2v) is 6.71. The average molecular weight is 283 g/mol. The summed E-state index contributed by atoms with van der Waals surface area (Å²) in [4.78, 5) is 2.69. The van der Waals surface area contributed by atoms with E-state index >= 15 is 0 Å². The molecule has 2 nitrogen and oxygen atoms in total. The van der Waals surface area contributed by atoms with Gasteiger partial charge < -0.3 is 10.2 Å². The number of nitrogens with one attached hydrogen (secondary N) is 1. The van der Waals surface area contributed by atoms with Crippen LogP contribution in [0.5, 0.6) is 0 Å². The number of hydrogen-bond donors (Lipinski definition) is 1. The summed E-state index contributed by atoms with van der Waals surface area (Å²) in [6, 6.07) is 0.759. The molecule has 1 rings (SSSR count). The van der Waals surface area contributed by atoms with Crippen molar-refractivity contribution in [1.29, 1.82) is 0 Å². The first-order chi connectivity index (χ1) is 9.77. The van der Waals surface area contributed by atoms with Gasteiger partial charge in [-0.05, 0) is 38.4 Å². The quantitative estimate of drug-likeness (QED) is 0.563. The summed E-state index contributed by atoms with van der Waals surface area (Å²) in [6.45, 7) is 12.0. The minimum Gasteiger partial charge on any atom is -0.314 e. The minimum absolute atomic E-state index is 0.759. The molecule has 0 saturated carbocycles. The lowest BCUT2D eigenvalue weighted by Crippen LogP contribution is -2.48. The van der Waals surface area contributed by atoms with Gasteiger partial charge in [-0.25, -0.2) is 0 Å². The van der Waals surface area contributed by atoms with E-state index in [2.05, 4.69) is 31.0 Å². The van der Waals surface area contributed by atoms with E-state index in [1.54, 1.807) is 0 Å². The number of rotatable bonds is 11. The molecule has 0 aromatic carbocycles. The van der Waals surface area contributed by atoms with Gasteiger partial charge in [0.15, 0.2) is 0 Å². The number of hydrogen-bond acceptors (Lipinski definition) is 2. The smallest absolute Gasteiger partial charge is 0.0117 e. The Labute approximate surface area is 127 Å². The maximum Gasteiger partial charge on any atom is 0.0117 e. The molecule has 1 fully saturated rings. The van der Waals surface area contributed by atoms with Crippen molar-refractivity contribution in [3.63, 3.8) is 0 Å². The highest BCUT2D eigenvalue weighted by molar-refractivity contribution is 4.82. The van der Waals surface area contributed by atoms with Crippen LogP contribution in [0, 0.1) is 5.92 Å². The summed E-state index contributed by atoms with van der Waals surface area (Å²) in [6.07, 6.45) is 12.8. The Hall–Kier alpha value is -0.0800. The lowest BCUT2D eigenvalue weighted by atomic mass is 9.93. The first-order valence-electron chi connectivity index (χ1n) is 9.23. The van der Waals surface area contributed by atoms with Crippen molar-refractivity contribution in [2.75, 3.05) is 26.2 Å². The second-order valence-electron chi connectivity index (χ2n) is 6.71. The number of nitrogens with zero attached hydrogens (tertiary/aromatic N) is 1. The Balaban J connectivity index is 1.95. The van der Waals surface area contributed by atoms with Crippen molar-refractivity contribution in [2.45, 2.75) is 84.6 Å². The fourth-order valence-electron chi connectivity index (χ4n) is 3.47. The van der Waals surface area contributed by atoms with Gasteiger partial charge in [-0.3, -0.25) is 0 Å². The van der Waals surface area contributed by atoms with Crippen LogP contribution in [0.3, 0.4) is 0 Å². The van der Waals surface area contributed by atoms with Crippen LogP contribution in [0.4, 0.5) is 0 Å². The fourth-order valence-corrected chi connectivity index (χ4v) is 3.47. The molecule has 0 spiro atoms. The number of piperidine rings is 1. The fraction of sp³-hybridized carbons (Fsp3) is 1.00. The Kier molecular flexibility index (Phi) is 10.4. The molecule has 0 amide bonds. The van der Waals surface area contributed by atoms with Gasteiger partial charge in [0.1, 0.15) is 0 Å². The van der Waals surface area contributed by atoms with E-state index in [0.29, 0.717) is 0 Å². The monoisotopic (exact) mass is 282 g/mol. The minimum atomic E-state index is 0.759. The lowest BCUT2D eigenvalue weighted by molar-refractivity contribution is 0.146. The van der Waals surface area contributed by atoms with E-state index in [-0.39, 0.29) is 0 Å². The predicted octanol–water partition coefficient (Wildman–Crippen LogP) is 4.45. The molecule has 0 bridgehead atoms. The van der Waals surface area contributed by atoms with E-state index < -0.39 is 0 Å². The van der Waals surface area contributed by atoms with Gasteiger partial charge in [0, 0.05) is 12.6 Å². The van der Waals surface area contributed by atoms with E-state index in [9.17, 15) is 0 Å². The van der Waals surface area contributed by atoms with Crippen LogP contribution in [0.25, 0.3) is 0 Å². The summed E-state index contributed by atoms with van der Waals surface area (Å²) in [5, 5.41) is 3.63. The SMILES string of the molecule is CCCCCCCCCCN1CCC(NCC)C(C)C1. The highest BCUT2D eigenvalue weighted by Gasteiger charge is 2.24. The first kappa shape index (κ1) is 18.0. The Bertz CT molecular complexity index is 217. The van der Waals surface area contributed by atoms with E-state index in [0.717, 1.165) is 18.5 Å². The van der Waals surface area contributed by atoms with E-state index in [4.69, 9.17) is 0 Å². The third-order valence-electron chi connectivity index (χ3n) is 4.78. The topological polar surface area (TPSA) is 15.3 Å². The van der Waals surface area contributed by atoms with Crippen LogP contribution in [0.15, 0.2) is 0 Å².